The zero-order valence-electron chi connectivity index (χ0n) is 10.8. The third-order valence-electron chi connectivity index (χ3n) is 3.48. The zero-order chi connectivity index (χ0) is 13.1. The standard InChI is InChI=1S/C14H18N2O2/c1-3-10(4-2)8-16-9-15-12-7-11(14(17)18)5-6-13(12)16/h5-7,9-10H,3-4,8H2,1-2H3,(H,17,18). The van der Waals surface area contributed by atoms with Crippen LogP contribution in [0, 0.1) is 5.92 Å². The number of aromatic carboxylic acids is 1. The lowest BCUT2D eigenvalue weighted by molar-refractivity contribution is 0.0697. The molecular formula is C14H18N2O2. The highest BCUT2D eigenvalue weighted by molar-refractivity contribution is 5.92. The molecule has 0 fully saturated rings. The van der Waals surface area contributed by atoms with Crippen molar-refractivity contribution in [1.29, 1.82) is 0 Å². The highest BCUT2D eigenvalue weighted by atomic mass is 16.4. The third kappa shape index (κ3) is 2.37. The minimum atomic E-state index is -0.911. The molecule has 2 aromatic rings. The SMILES string of the molecule is CCC(CC)Cn1cnc2cc(C(=O)O)ccc21. The zero-order valence-corrected chi connectivity index (χ0v) is 10.8. The fourth-order valence-electron chi connectivity index (χ4n) is 2.17. The van der Waals surface area contributed by atoms with Crippen molar-refractivity contribution in [2.45, 2.75) is 33.2 Å². The normalized spacial score (nSPS) is 11.3. The molecule has 0 radical (unpaired) electrons. The van der Waals surface area contributed by atoms with Gasteiger partial charge in [-0.05, 0) is 24.1 Å². The molecule has 0 spiro atoms. The maximum absolute atomic E-state index is 10.9. The molecule has 1 aromatic heterocycles. The van der Waals surface area contributed by atoms with Crippen LogP contribution in [0.2, 0.25) is 0 Å². The van der Waals surface area contributed by atoms with E-state index in [0.717, 1.165) is 30.4 Å². The first-order valence-corrected chi connectivity index (χ1v) is 6.33. The minimum Gasteiger partial charge on any atom is -0.478 e. The fraction of sp³-hybridized carbons (Fsp3) is 0.429. The molecule has 0 amide bonds. The van der Waals surface area contributed by atoms with Crippen molar-refractivity contribution in [1.82, 2.24) is 9.55 Å². The Hall–Kier alpha value is -1.84. The molecule has 0 aliphatic heterocycles. The van der Waals surface area contributed by atoms with E-state index in [1.54, 1.807) is 18.5 Å². The summed E-state index contributed by atoms with van der Waals surface area (Å²) >= 11 is 0. The molecule has 4 nitrogen and oxygen atoms in total. The molecule has 1 N–H and O–H groups in total. The molecule has 0 bridgehead atoms. The Kier molecular flexibility index (Phi) is 3.65. The van der Waals surface area contributed by atoms with Gasteiger partial charge in [0.15, 0.2) is 0 Å². The van der Waals surface area contributed by atoms with Crippen molar-refractivity contribution in [2.75, 3.05) is 0 Å². The predicted octanol–water partition coefficient (Wildman–Crippen LogP) is 3.17. The number of benzene rings is 1. The van der Waals surface area contributed by atoms with Crippen molar-refractivity contribution < 1.29 is 9.90 Å². The van der Waals surface area contributed by atoms with Crippen LogP contribution in [-0.2, 0) is 6.54 Å². The molecule has 0 aliphatic rings. The molecule has 0 saturated carbocycles. The van der Waals surface area contributed by atoms with E-state index in [2.05, 4.69) is 23.4 Å². The number of hydrogen-bond donors (Lipinski definition) is 1. The number of nitrogens with zero attached hydrogens (tertiary/aromatic N) is 2. The molecule has 96 valence electrons. The second-order valence-corrected chi connectivity index (χ2v) is 4.59. The maximum atomic E-state index is 10.9. The first-order valence-electron chi connectivity index (χ1n) is 6.33. The van der Waals surface area contributed by atoms with Crippen LogP contribution in [0.3, 0.4) is 0 Å². The quantitative estimate of drug-likeness (QED) is 0.881. The number of rotatable bonds is 5. The van der Waals surface area contributed by atoms with Crippen LogP contribution in [0.25, 0.3) is 11.0 Å². The van der Waals surface area contributed by atoms with E-state index in [0.29, 0.717) is 5.92 Å². The molecule has 0 atom stereocenters. The lowest BCUT2D eigenvalue weighted by Crippen LogP contribution is -2.08. The fourth-order valence-corrected chi connectivity index (χ4v) is 2.17. The minimum absolute atomic E-state index is 0.287. The average Bonchev–Trinajstić information content (AvgIpc) is 2.78. The van der Waals surface area contributed by atoms with E-state index >= 15 is 0 Å². The summed E-state index contributed by atoms with van der Waals surface area (Å²) in [7, 11) is 0. The Morgan fingerprint density at radius 1 is 1.39 bits per heavy atom. The van der Waals surface area contributed by atoms with Gasteiger partial charge in [-0.3, -0.25) is 0 Å². The Morgan fingerprint density at radius 3 is 2.72 bits per heavy atom. The van der Waals surface area contributed by atoms with Gasteiger partial charge in [0.05, 0.1) is 22.9 Å². The Bertz CT molecular complexity index is 556. The summed E-state index contributed by atoms with van der Waals surface area (Å²) in [6.07, 6.45) is 4.08. The van der Waals surface area contributed by atoms with E-state index in [4.69, 9.17) is 5.11 Å². The second-order valence-electron chi connectivity index (χ2n) is 4.59. The molecule has 18 heavy (non-hydrogen) atoms. The molecule has 1 aromatic carbocycles. The summed E-state index contributed by atoms with van der Waals surface area (Å²) in [5.74, 6) is -0.270. The van der Waals surface area contributed by atoms with Gasteiger partial charge in [-0.25, -0.2) is 9.78 Å². The van der Waals surface area contributed by atoms with Gasteiger partial charge < -0.3 is 9.67 Å². The molecule has 4 heteroatoms. The van der Waals surface area contributed by atoms with Crippen molar-refractivity contribution in [2.24, 2.45) is 5.92 Å². The highest BCUT2D eigenvalue weighted by Crippen LogP contribution is 2.18. The summed E-state index contributed by atoms with van der Waals surface area (Å²) in [5.41, 5.74) is 2.04. The first-order chi connectivity index (χ1) is 8.65. The molecule has 0 aliphatic carbocycles. The highest BCUT2D eigenvalue weighted by Gasteiger charge is 2.10. The number of carbonyl (C=O) groups is 1. The topological polar surface area (TPSA) is 55.1 Å². The van der Waals surface area contributed by atoms with Gasteiger partial charge in [-0.1, -0.05) is 26.7 Å². The third-order valence-corrected chi connectivity index (χ3v) is 3.48. The number of hydrogen-bond acceptors (Lipinski definition) is 2. The van der Waals surface area contributed by atoms with Crippen LogP contribution >= 0.6 is 0 Å². The molecule has 0 unspecified atom stereocenters. The Labute approximate surface area is 106 Å². The lowest BCUT2D eigenvalue weighted by atomic mass is 10.0. The molecule has 2 rings (SSSR count). The monoisotopic (exact) mass is 246 g/mol. The number of carboxylic acid groups (broad SMARTS) is 1. The Balaban J connectivity index is 2.34. The van der Waals surface area contributed by atoms with Gasteiger partial charge in [0.1, 0.15) is 0 Å². The van der Waals surface area contributed by atoms with E-state index in [9.17, 15) is 4.79 Å². The molecule has 1 heterocycles. The van der Waals surface area contributed by atoms with E-state index < -0.39 is 5.97 Å². The van der Waals surface area contributed by atoms with Gasteiger partial charge in [0.2, 0.25) is 0 Å². The average molecular weight is 246 g/mol. The van der Waals surface area contributed by atoms with E-state index in [1.807, 2.05) is 6.07 Å². The number of imidazole rings is 1. The van der Waals surface area contributed by atoms with Gasteiger partial charge in [0, 0.05) is 6.54 Å². The lowest BCUT2D eigenvalue weighted by Gasteiger charge is -2.13. The van der Waals surface area contributed by atoms with Crippen LogP contribution in [0.15, 0.2) is 24.5 Å². The largest absolute Gasteiger partial charge is 0.478 e. The smallest absolute Gasteiger partial charge is 0.335 e. The van der Waals surface area contributed by atoms with Crippen molar-refractivity contribution in [3.8, 4) is 0 Å². The Morgan fingerprint density at radius 2 is 2.11 bits per heavy atom. The van der Waals surface area contributed by atoms with Crippen molar-refractivity contribution >= 4 is 17.0 Å². The summed E-state index contributed by atoms with van der Waals surface area (Å²) in [4.78, 5) is 15.2. The number of aromatic nitrogens is 2. The predicted molar refractivity (Wildman–Crippen MR) is 70.8 cm³/mol. The van der Waals surface area contributed by atoms with Crippen LogP contribution < -0.4 is 0 Å². The molecular weight excluding hydrogens is 228 g/mol. The first kappa shape index (κ1) is 12.6. The summed E-state index contributed by atoms with van der Waals surface area (Å²) in [6.45, 7) is 5.32. The number of fused-ring (bicyclic) bond motifs is 1. The van der Waals surface area contributed by atoms with Crippen LogP contribution in [0.4, 0.5) is 0 Å². The van der Waals surface area contributed by atoms with Crippen molar-refractivity contribution in [3.63, 3.8) is 0 Å². The van der Waals surface area contributed by atoms with Gasteiger partial charge in [-0.15, -0.1) is 0 Å². The second kappa shape index (κ2) is 5.21. The maximum Gasteiger partial charge on any atom is 0.335 e. The van der Waals surface area contributed by atoms with Crippen LogP contribution in [0.5, 0.6) is 0 Å². The van der Waals surface area contributed by atoms with Crippen LogP contribution in [0.1, 0.15) is 37.0 Å². The van der Waals surface area contributed by atoms with Crippen molar-refractivity contribution in [3.05, 3.63) is 30.1 Å². The van der Waals surface area contributed by atoms with E-state index in [-0.39, 0.29) is 5.56 Å². The summed E-state index contributed by atoms with van der Waals surface area (Å²) in [5, 5.41) is 8.94. The summed E-state index contributed by atoms with van der Waals surface area (Å²) < 4.78 is 2.11. The van der Waals surface area contributed by atoms with Crippen LogP contribution in [-0.4, -0.2) is 20.6 Å². The van der Waals surface area contributed by atoms with Gasteiger partial charge in [-0.2, -0.15) is 0 Å². The molecule has 0 saturated heterocycles. The van der Waals surface area contributed by atoms with Gasteiger partial charge in [0.25, 0.3) is 0 Å². The van der Waals surface area contributed by atoms with Gasteiger partial charge >= 0.3 is 5.97 Å². The summed E-state index contributed by atoms with van der Waals surface area (Å²) in [6, 6.07) is 5.10. The number of carboxylic acids is 1. The van der Waals surface area contributed by atoms with E-state index in [1.165, 1.54) is 0 Å².